The molecule has 0 fully saturated rings. The fraction of sp³-hybridized carbons (Fsp3) is 0.806. The molecule has 3 unspecified atom stereocenters. The van der Waals surface area contributed by atoms with Gasteiger partial charge in [-0.15, -0.1) is 0 Å². The van der Waals surface area contributed by atoms with E-state index in [0.717, 1.165) is 51.4 Å². The van der Waals surface area contributed by atoms with E-state index in [9.17, 15) is 20.1 Å². The minimum absolute atomic E-state index is 0.380. The Morgan fingerprint density at radius 2 is 1.00 bits per heavy atom. The van der Waals surface area contributed by atoms with E-state index in [2.05, 4.69) is 43.5 Å². The van der Waals surface area contributed by atoms with Crippen molar-refractivity contribution in [3.05, 3.63) is 36.5 Å². The van der Waals surface area contributed by atoms with E-state index in [1.807, 2.05) is 6.08 Å². The Kier molecular flexibility index (Phi) is 30.4. The molecule has 0 rings (SSSR count). The average Bonchev–Trinajstić information content (AvgIpc) is 2.98. The van der Waals surface area contributed by atoms with Crippen molar-refractivity contribution >= 4 is 5.91 Å². The smallest absolute Gasteiger partial charge is 0.249 e. The second-order valence-electron chi connectivity index (χ2n) is 11.7. The molecule has 0 aromatic rings. The number of unbranched alkanes of at least 4 members (excludes halogenated alkanes) is 18. The summed E-state index contributed by atoms with van der Waals surface area (Å²) >= 11 is 0. The molecular weight excluding hydrogens is 510 g/mol. The largest absolute Gasteiger partial charge is 0.394 e. The fourth-order valence-electron chi connectivity index (χ4n) is 4.93. The number of hydrogen-bond acceptors (Lipinski definition) is 4. The van der Waals surface area contributed by atoms with Crippen molar-refractivity contribution in [3.63, 3.8) is 0 Å². The second kappa shape index (κ2) is 31.5. The number of aliphatic hydroxyl groups is 3. The van der Waals surface area contributed by atoms with Crippen molar-refractivity contribution in [2.45, 2.75) is 180 Å². The first-order valence-electron chi connectivity index (χ1n) is 17.3. The van der Waals surface area contributed by atoms with E-state index in [1.54, 1.807) is 6.08 Å². The monoisotopic (exact) mass is 578 g/mol. The van der Waals surface area contributed by atoms with Gasteiger partial charge in [0.25, 0.3) is 0 Å². The molecule has 0 aliphatic heterocycles. The quantitative estimate of drug-likeness (QED) is 0.0507. The Balaban J connectivity index is 3.79. The molecule has 1 amide bonds. The van der Waals surface area contributed by atoms with Crippen LogP contribution in [0.2, 0.25) is 0 Å². The summed E-state index contributed by atoms with van der Waals surface area (Å²) in [5, 5.41) is 32.8. The van der Waals surface area contributed by atoms with Crippen LogP contribution in [0.3, 0.4) is 0 Å². The zero-order chi connectivity index (χ0) is 30.2. The van der Waals surface area contributed by atoms with Gasteiger partial charge < -0.3 is 20.6 Å². The SMILES string of the molecule is CCC/C=C/CC/C=C/CC/C=C/C(O)C(CO)NC(=O)C(O)CCCCCCCCCCCCCCCCCC. The van der Waals surface area contributed by atoms with Gasteiger partial charge in [0.1, 0.15) is 6.10 Å². The topological polar surface area (TPSA) is 89.8 Å². The third-order valence-electron chi connectivity index (χ3n) is 7.69. The first kappa shape index (κ1) is 39.6. The predicted molar refractivity (Wildman–Crippen MR) is 176 cm³/mol. The molecule has 41 heavy (non-hydrogen) atoms. The first-order chi connectivity index (χ1) is 20.1. The van der Waals surface area contributed by atoms with Crippen molar-refractivity contribution in [3.8, 4) is 0 Å². The number of carbonyl (C=O) groups is 1. The van der Waals surface area contributed by atoms with Crippen LogP contribution in [0.4, 0.5) is 0 Å². The van der Waals surface area contributed by atoms with Gasteiger partial charge in [0, 0.05) is 0 Å². The van der Waals surface area contributed by atoms with E-state index in [4.69, 9.17) is 0 Å². The number of carbonyl (C=O) groups excluding carboxylic acids is 1. The highest BCUT2D eigenvalue weighted by Crippen LogP contribution is 2.14. The summed E-state index contributed by atoms with van der Waals surface area (Å²) in [5.41, 5.74) is 0. The zero-order valence-corrected chi connectivity index (χ0v) is 26.9. The molecule has 4 N–H and O–H groups in total. The van der Waals surface area contributed by atoms with Gasteiger partial charge in [0.15, 0.2) is 0 Å². The van der Waals surface area contributed by atoms with Crippen molar-refractivity contribution in [2.75, 3.05) is 6.61 Å². The van der Waals surface area contributed by atoms with E-state index >= 15 is 0 Å². The van der Waals surface area contributed by atoms with E-state index < -0.39 is 24.2 Å². The Morgan fingerprint density at radius 3 is 1.44 bits per heavy atom. The van der Waals surface area contributed by atoms with Gasteiger partial charge in [-0.05, 0) is 38.5 Å². The van der Waals surface area contributed by atoms with Crippen LogP contribution >= 0.6 is 0 Å². The summed E-state index contributed by atoms with van der Waals surface area (Å²) in [4.78, 5) is 12.3. The second-order valence-corrected chi connectivity index (χ2v) is 11.7. The molecule has 0 saturated heterocycles. The lowest BCUT2D eigenvalue weighted by Crippen LogP contribution is -2.48. The third-order valence-corrected chi connectivity index (χ3v) is 7.69. The summed E-state index contributed by atoms with van der Waals surface area (Å²) in [5.74, 6) is -0.520. The van der Waals surface area contributed by atoms with Crippen LogP contribution in [-0.4, -0.2) is 46.1 Å². The maximum Gasteiger partial charge on any atom is 0.249 e. The summed E-state index contributed by atoms with van der Waals surface area (Å²) in [6, 6.07) is -0.815. The average molecular weight is 578 g/mol. The van der Waals surface area contributed by atoms with Crippen molar-refractivity contribution < 1.29 is 20.1 Å². The first-order valence-corrected chi connectivity index (χ1v) is 17.3. The lowest BCUT2D eigenvalue weighted by atomic mass is 10.0. The maximum atomic E-state index is 12.3. The van der Waals surface area contributed by atoms with Crippen LogP contribution in [0.1, 0.15) is 162 Å². The molecule has 0 heterocycles. The molecule has 240 valence electrons. The summed E-state index contributed by atoms with van der Waals surface area (Å²) in [6.07, 6.45) is 37.3. The Bertz CT molecular complexity index is 645. The molecule has 5 nitrogen and oxygen atoms in total. The Morgan fingerprint density at radius 1 is 0.585 bits per heavy atom. The minimum Gasteiger partial charge on any atom is -0.394 e. The Hall–Kier alpha value is -1.43. The minimum atomic E-state index is -1.10. The lowest BCUT2D eigenvalue weighted by Gasteiger charge is -2.21. The molecule has 0 spiro atoms. The number of hydrogen-bond donors (Lipinski definition) is 4. The highest BCUT2D eigenvalue weighted by atomic mass is 16.3. The van der Waals surface area contributed by atoms with Gasteiger partial charge in [-0.3, -0.25) is 4.79 Å². The molecule has 0 aromatic heterocycles. The van der Waals surface area contributed by atoms with E-state index in [-0.39, 0.29) is 6.61 Å². The van der Waals surface area contributed by atoms with Crippen LogP contribution in [0, 0.1) is 0 Å². The predicted octanol–water partition coefficient (Wildman–Crippen LogP) is 8.87. The zero-order valence-electron chi connectivity index (χ0n) is 26.9. The number of nitrogens with one attached hydrogen (secondary N) is 1. The fourth-order valence-corrected chi connectivity index (χ4v) is 4.93. The van der Waals surface area contributed by atoms with Gasteiger partial charge >= 0.3 is 0 Å². The molecule has 0 aliphatic carbocycles. The van der Waals surface area contributed by atoms with Crippen molar-refractivity contribution in [1.82, 2.24) is 5.32 Å². The molecule has 0 aromatic carbocycles. The van der Waals surface area contributed by atoms with Crippen molar-refractivity contribution in [1.29, 1.82) is 0 Å². The number of amides is 1. The Labute approximate surface area is 254 Å². The summed E-state index contributed by atoms with van der Waals surface area (Å²) in [7, 11) is 0. The van der Waals surface area contributed by atoms with Crippen molar-refractivity contribution in [2.24, 2.45) is 0 Å². The van der Waals surface area contributed by atoms with Gasteiger partial charge in [0.2, 0.25) is 5.91 Å². The van der Waals surface area contributed by atoms with Crippen LogP contribution in [0.25, 0.3) is 0 Å². The lowest BCUT2D eigenvalue weighted by molar-refractivity contribution is -0.131. The molecule has 0 bridgehead atoms. The molecule has 5 heteroatoms. The van der Waals surface area contributed by atoms with E-state index in [0.29, 0.717) is 6.42 Å². The highest BCUT2D eigenvalue weighted by molar-refractivity contribution is 5.80. The van der Waals surface area contributed by atoms with Gasteiger partial charge in [0.05, 0.1) is 18.8 Å². The van der Waals surface area contributed by atoms with Gasteiger partial charge in [-0.1, -0.05) is 159 Å². The van der Waals surface area contributed by atoms with Crippen LogP contribution in [0.5, 0.6) is 0 Å². The number of allylic oxidation sites excluding steroid dienone is 5. The summed E-state index contributed by atoms with van der Waals surface area (Å²) < 4.78 is 0. The van der Waals surface area contributed by atoms with Crippen LogP contribution in [0.15, 0.2) is 36.5 Å². The molecule has 0 radical (unpaired) electrons. The normalized spacial score (nSPS) is 14.4. The van der Waals surface area contributed by atoms with E-state index in [1.165, 1.54) is 89.9 Å². The highest BCUT2D eigenvalue weighted by Gasteiger charge is 2.22. The van der Waals surface area contributed by atoms with Crippen LogP contribution in [-0.2, 0) is 4.79 Å². The molecular formula is C36H67NO4. The standard InChI is InChI=1S/C36H67NO4/c1-3-5-7-9-11-13-15-16-17-18-19-21-23-25-27-29-31-35(40)36(41)37-33(32-38)34(39)30-28-26-24-22-20-14-12-10-8-6-4-2/h8,10,20,22,28,30,33-35,38-40H,3-7,9,11-19,21,23-27,29,31-32H2,1-2H3,(H,37,41)/b10-8+,22-20+,30-28+. The molecule has 3 atom stereocenters. The third kappa shape index (κ3) is 27.2. The maximum absolute atomic E-state index is 12.3. The van der Waals surface area contributed by atoms with Gasteiger partial charge in [-0.25, -0.2) is 0 Å². The molecule has 0 aliphatic rings. The van der Waals surface area contributed by atoms with Crippen LogP contribution < -0.4 is 5.32 Å². The summed E-state index contributed by atoms with van der Waals surface area (Å²) in [6.45, 7) is 4.07. The number of rotatable bonds is 30. The number of aliphatic hydroxyl groups excluding tert-OH is 3. The van der Waals surface area contributed by atoms with Gasteiger partial charge in [-0.2, -0.15) is 0 Å². The molecule has 0 saturated carbocycles.